The number of halogens is 3. The van der Waals surface area contributed by atoms with Crippen molar-refractivity contribution in [3.8, 4) is 0 Å². The quantitative estimate of drug-likeness (QED) is 0.460. The van der Waals surface area contributed by atoms with Gasteiger partial charge >= 0.3 is 6.18 Å². The van der Waals surface area contributed by atoms with Gasteiger partial charge < -0.3 is 15.0 Å². The van der Waals surface area contributed by atoms with Crippen LogP contribution in [0.5, 0.6) is 0 Å². The minimum Gasteiger partial charge on any atom is -0.370 e. The topological polar surface area (TPSA) is 71.0 Å². The molecule has 1 rings (SSSR count). The van der Waals surface area contributed by atoms with Crippen LogP contribution in [0.25, 0.3) is 0 Å². The van der Waals surface area contributed by atoms with E-state index in [0.717, 1.165) is 0 Å². The normalized spacial score (nSPS) is 21.7. The Hall–Kier alpha value is -1.03. The minimum atomic E-state index is -4.34. The van der Waals surface area contributed by atoms with Crippen LogP contribution < -0.4 is 5.32 Å². The van der Waals surface area contributed by atoms with Crippen LogP contribution in [0, 0.1) is 0 Å². The average molecular weight is 345 g/mol. The van der Waals surface area contributed by atoms with Crippen molar-refractivity contribution in [3.63, 3.8) is 0 Å². The maximum absolute atomic E-state index is 11.9. The third-order valence-corrected chi connectivity index (χ3v) is 5.88. The summed E-state index contributed by atoms with van der Waals surface area (Å²) in [4.78, 5) is 5.81. The van der Waals surface area contributed by atoms with Gasteiger partial charge in [0.1, 0.15) is 6.61 Å². The first-order valence-corrected chi connectivity index (χ1v) is 8.46. The molecule has 0 spiro atoms. The number of aliphatic imine (C=N–C) groups is 1. The summed E-state index contributed by atoms with van der Waals surface area (Å²) in [6.07, 6.45) is -4.34. The Morgan fingerprint density at radius 2 is 2.05 bits per heavy atom. The first kappa shape index (κ1) is 19.0. The lowest BCUT2D eigenvalue weighted by atomic mass is 10.2. The van der Waals surface area contributed by atoms with E-state index in [4.69, 9.17) is 0 Å². The van der Waals surface area contributed by atoms with Crippen molar-refractivity contribution in [2.45, 2.75) is 24.8 Å². The third-order valence-electron chi connectivity index (χ3n) is 3.35. The van der Waals surface area contributed by atoms with Crippen molar-refractivity contribution in [3.05, 3.63) is 0 Å². The van der Waals surface area contributed by atoms with Crippen LogP contribution in [0.3, 0.4) is 0 Å². The lowest BCUT2D eigenvalue weighted by Crippen LogP contribution is -2.57. The molecule has 0 aliphatic carbocycles. The molecule has 22 heavy (non-hydrogen) atoms. The second-order valence-electron chi connectivity index (χ2n) is 5.64. The van der Waals surface area contributed by atoms with Gasteiger partial charge in [0.2, 0.25) is 0 Å². The second-order valence-corrected chi connectivity index (χ2v) is 8.38. The van der Waals surface area contributed by atoms with Gasteiger partial charge in [-0.25, -0.2) is 8.42 Å². The smallest absolute Gasteiger partial charge is 0.370 e. The summed E-state index contributed by atoms with van der Waals surface area (Å²) in [6.45, 7) is 2.62. The molecule has 1 N–H and O–H groups in total. The Labute approximate surface area is 128 Å². The maximum Gasteiger partial charge on any atom is 0.411 e. The molecular formula is C12H22F3N3O3S. The number of ether oxygens (including phenoxy) is 1. The number of alkyl halides is 3. The van der Waals surface area contributed by atoms with Crippen LogP contribution in [0.1, 0.15) is 13.8 Å². The van der Waals surface area contributed by atoms with E-state index in [9.17, 15) is 21.6 Å². The molecule has 0 unspecified atom stereocenters. The molecule has 0 aromatic rings. The molecule has 0 saturated carbocycles. The van der Waals surface area contributed by atoms with E-state index in [1.807, 2.05) is 0 Å². The summed E-state index contributed by atoms with van der Waals surface area (Å²) in [6, 6.07) is 0. The highest BCUT2D eigenvalue weighted by molar-refractivity contribution is 7.92. The van der Waals surface area contributed by atoms with Crippen LogP contribution >= 0.6 is 0 Å². The SMILES string of the molecule is CN=C(NCCOCC(F)(F)F)N1CCS(=O)(=O)C(C)(C)C1. The molecule has 130 valence electrons. The second kappa shape index (κ2) is 7.03. The van der Waals surface area contributed by atoms with Crippen molar-refractivity contribution in [2.75, 3.05) is 45.6 Å². The molecule has 0 aromatic carbocycles. The van der Waals surface area contributed by atoms with Crippen LogP contribution in [-0.2, 0) is 14.6 Å². The molecule has 0 atom stereocenters. The van der Waals surface area contributed by atoms with Gasteiger partial charge in [-0.1, -0.05) is 0 Å². The van der Waals surface area contributed by atoms with E-state index in [1.54, 1.807) is 18.7 Å². The summed E-state index contributed by atoms with van der Waals surface area (Å²) < 4.78 is 63.3. The zero-order valence-corrected chi connectivity index (χ0v) is 13.7. The number of rotatable bonds is 4. The molecule has 0 aromatic heterocycles. The molecule has 1 heterocycles. The Morgan fingerprint density at radius 3 is 2.55 bits per heavy atom. The number of hydrogen-bond donors (Lipinski definition) is 1. The first-order chi connectivity index (χ1) is 9.98. The molecule has 1 aliphatic rings. The maximum atomic E-state index is 11.9. The van der Waals surface area contributed by atoms with Gasteiger partial charge in [-0.05, 0) is 13.8 Å². The monoisotopic (exact) mass is 345 g/mol. The number of guanidine groups is 1. The predicted molar refractivity (Wildman–Crippen MR) is 77.7 cm³/mol. The van der Waals surface area contributed by atoms with Crippen molar-refractivity contribution in [1.29, 1.82) is 0 Å². The Kier molecular flexibility index (Phi) is 6.08. The standard InChI is InChI=1S/C12H22F3N3O3S/c1-11(2)8-18(5-7-22(11,19)20)10(16-3)17-4-6-21-9-12(13,14)15/h4-9H2,1-3H3,(H,16,17). The van der Waals surface area contributed by atoms with Gasteiger partial charge in [-0.3, -0.25) is 4.99 Å². The summed E-state index contributed by atoms with van der Waals surface area (Å²) in [5, 5.41) is 2.88. The lowest BCUT2D eigenvalue weighted by molar-refractivity contribution is -0.173. The number of nitrogens with one attached hydrogen (secondary N) is 1. The number of hydrogen-bond acceptors (Lipinski definition) is 4. The van der Waals surface area contributed by atoms with Crippen molar-refractivity contribution in [2.24, 2.45) is 4.99 Å². The first-order valence-electron chi connectivity index (χ1n) is 6.81. The van der Waals surface area contributed by atoms with Crippen LogP contribution in [0.15, 0.2) is 4.99 Å². The van der Waals surface area contributed by atoms with Crippen molar-refractivity contribution >= 4 is 15.8 Å². The fourth-order valence-electron chi connectivity index (χ4n) is 2.08. The van der Waals surface area contributed by atoms with E-state index >= 15 is 0 Å². The molecule has 6 nitrogen and oxygen atoms in total. The van der Waals surface area contributed by atoms with Gasteiger partial charge in [0.05, 0.1) is 17.1 Å². The Balaban J connectivity index is 2.46. The Bertz CT molecular complexity index is 503. The fraction of sp³-hybridized carbons (Fsp3) is 0.917. The fourth-order valence-corrected chi connectivity index (χ4v) is 3.45. The van der Waals surface area contributed by atoms with E-state index in [0.29, 0.717) is 12.5 Å². The predicted octanol–water partition coefficient (Wildman–Crippen LogP) is 0.650. The number of nitrogens with zero attached hydrogens (tertiary/aromatic N) is 2. The van der Waals surface area contributed by atoms with Crippen molar-refractivity contribution < 1.29 is 26.3 Å². The Morgan fingerprint density at radius 1 is 1.41 bits per heavy atom. The van der Waals surface area contributed by atoms with E-state index in [2.05, 4.69) is 15.0 Å². The summed E-state index contributed by atoms with van der Waals surface area (Å²) in [5.41, 5.74) is 0. The molecule has 0 radical (unpaired) electrons. The largest absolute Gasteiger partial charge is 0.411 e. The number of sulfone groups is 1. The van der Waals surface area contributed by atoms with Gasteiger partial charge in [0.15, 0.2) is 15.8 Å². The van der Waals surface area contributed by atoms with Crippen LogP contribution in [-0.4, -0.2) is 75.8 Å². The highest BCUT2D eigenvalue weighted by Gasteiger charge is 2.40. The van der Waals surface area contributed by atoms with Crippen LogP contribution in [0.4, 0.5) is 13.2 Å². The summed E-state index contributed by atoms with van der Waals surface area (Å²) >= 11 is 0. The summed E-state index contributed by atoms with van der Waals surface area (Å²) in [7, 11) is -1.62. The van der Waals surface area contributed by atoms with E-state index < -0.39 is 27.4 Å². The van der Waals surface area contributed by atoms with Gasteiger partial charge in [-0.15, -0.1) is 0 Å². The van der Waals surface area contributed by atoms with Gasteiger partial charge in [-0.2, -0.15) is 13.2 Å². The van der Waals surface area contributed by atoms with E-state index in [-0.39, 0.29) is 25.4 Å². The van der Waals surface area contributed by atoms with Gasteiger partial charge in [0.25, 0.3) is 0 Å². The third kappa shape index (κ3) is 5.31. The van der Waals surface area contributed by atoms with Crippen LogP contribution in [0.2, 0.25) is 0 Å². The van der Waals surface area contributed by atoms with Crippen molar-refractivity contribution in [1.82, 2.24) is 10.2 Å². The van der Waals surface area contributed by atoms with Gasteiger partial charge in [0, 0.05) is 26.7 Å². The molecular weight excluding hydrogens is 323 g/mol. The molecule has 10 heteroatoms. The molecule has 0 bridgehead atoms. The highest BCUT2D eigenvalue weighted by Crippen LogP contribution is 2.23. The molecule has 1 aliphatic heterocycles. The molecule has 1 fully saturated rings. The zero-order chi connectivity index (χ0) is 17.0. The molecule has 1 saturated heterocycles. The highest BCUT2D eigenvalue weighted by atomic mass is 32.2. The average Bonchev–Trinajstić information content (AvgIpc) is 2.36. The molecule has 0 amide bonds. The van der Waals surface area contributed by atoms with E-state index in [1.165, 1.54) is 7.05 Å². The lowest BCUT2D eigenvalue weighted by Gasteiger charge is -2.39. The minimum absolute atomic E-state index is 0.0191. The summed E-state index contributed by atoms with van der Waals surface area (Å²) in [5.74, 6) is 0.476. The zero-order valence-electron chi connectivity index (χ0n) is 12.9.